The van der Waals surface area contributed by atoms with E-state index in [-0.39, 0.29) is 18.3 Å². The summed E-state index contributed by atoms with van der Waals surface area (Å²) in [5.41, 5.74) is 0.995. The second kappa shape index (κ2) is 7.44. The molecule has 1 heterocycles. The molecule has 1 amide bonds. The molecule has 1 aromatic carbocycles. The molecule has 0 aliphatic rings. The first-order chi connectivity index (χ1) is 11.5. The summed E-state index contributed by atoms with van der Waals surface area (Å²) in [6.45, 7) is 2.30. The minimum Gasteiger partial charge on any atom is -0.493 e. The van der Waals surface area contributed by atoms with Crippen molar-refractivity contribution in [1.82, 2.24) is 15.1 Å². The fraction of sp³-hybridized carbons (Fsp3) is 0.333. The number of hydrogen-bond acceptors (Lipinski definition) is 6. The Morgan fingerprint density at radius 3 is 2.71 bits per heavy atom. The summed E-state index contributed by atoms with van der Waals surface area (Å²) >= 11 is 0. The molecule has 24 heavy (non-hydrogen) atoms. The Bertz CT molecular complexity index is 756. The van der Waals surface area contributed by atoms with E-state index in [2.05, 4.69) is 10.4 Å². The number of aromatic nitrogens is 2. The molecule has 0 aliphatic carbocycles. The van der Waals surface area contributed by atoms with Crippen LogP contribution in [0.3, 0.4) is 0 Å². The van der Waals surface area contributed by atoms with Crippen LogP contribution in [0.4, 0.5) is 5.82 Å². The van der Waals surface area contributed by atoms with Crippen LogP contribution in [0.1, 0.15) is 16.1 Å². The van der Waals surface area contributed by atoms with Crippen LogP contribution in [0.2, 0.25) is 0 Å². The van der Waals surface area contributed by atoms with Gasteiger partial charge in [0.1, 0.15) is 0 Å². The Balaban J connectivity index is 2.03. The summed E-state index contributed by atoms with van der Waals surface area (Å²) in [7, 11) is 2.95. The SMILES string of the molecule is COc1cccc(C(=O)NCCn2nc([N+](=O)[O-])cc2C)c1OC. The molecule has 0 saturated heterocycles. The van der Waals surface area contributed by atoms with Gasteiger partial charge in [0, 0.05) is 6.54 Å². The van der Waals surface area contributed by atoms with E-state index in [9.17, 15) is 14.9 Å². The first-order valence-electron chi connectivity index (χ1n) is 7.16. The number of rotatable bonds is 7. The lowest BCUT2D eigenvalue weighted by atomic mass is 10.1. The summed E-state index contributed by atoms with van der Waals surface area (Å²) in [5, 5.41) is 17.3. The number of amides is 1. The van der Waals surface area contributed by atoms with Crippen molar-refractivity contribution < 1.29 is 19.2 Å². The Kier molecular flexibility index (Phi) is 5.35. The van der Waals surface area contributed by atoms with Gasteiger partial charge in [-0.1, -0.05) is 6.07 Å². The van der Waals surface area contributed by atoms with Crippen LogP contribution in [0.5, 0.6) is 11.5 Å². The molecule has 0 atom stereocenters. The van der Waals surface area contributed by atoms with Crippen LogP contribution in [0, 0.1) is 17.0 Å². The fourth-order valence-corrected chi connectivity index (χ4v) is 2.24. The number of para-hydroxylation sites is 1. The molecule has 0 fully saturated rings. The van der Waals surface area contributed by atoms with E-state index in [0.29, 0.717) is 29.3 Å². The molecule has 9 nitrogen and oxygen atoms in total. The third kappa shape index (κ3) is 3.62. The van der Waals surface area contributed by atoms with Crippen molar-refractivity contribution in [3.05, 3.63) is 45.6 Å². The lowest BCUT2D eigenvalue weighted by molar-refractivity contribution is -0.389. The summed E-state index contributed by atoms with van der Waals surface area (Å²) in [6, 6.07) is 6.40. The van der Waals surface area contributed by atoms with Crippen molar-refractivity contribution in [2.45, 2.75) is 13.5 Å². The van der Waals surface area contributed by atoms with Gasteiger partial charge in [0.2, 0.25) is 0 Å². The summed E-state index contributed by atoms with van der Waals surface area (Å²) in [5.74, 6) is 0.269. The van der Waals surface area contributed by atoms with Crippen LogP contribution >= 0.6 is 0 Å². The normalized spacial score (nSPS) is 10.3. The lowest BCUT2D eigenvalue weighted by Crippen LogP contribution is -2.28. The maximum absolute atomic E-state index is 12.3. The summed E-state index contributed by atoms with van der Waals surface area (Å²) in [4.78, 5) is 22.4. The smallest absolute Gasteiger partial charge is 0.390 e. The maximum Gasteiger partial charge on any atom is 0.390 e. The number of carbonyl (C=O) groups excluding carboxylic acids is 1. The number of benzene rings is 1. The Morgan fingerprint density at radius 2 is 2.12 bits per heavy atom. The quantitative estimate of drug-likeness (QED) is 0.608. The van der Waals surface area contributed by atoms with Gasteiger partial charge in [-0.25, -0.2) is 0 Å². The van der Waals surface area contributed by atoms with E-state index in [0.717, 1.165) is 0 Å². The molecule has 2 aromatic rings. The van der Waals surface area contributed by atoms with E-state index in [1.54, 1.807) is 25.1 Å². The zero-order valence-corrected chi connectivity index (χ0v) is 13.6. The average Bonchev–Trinajstić information content (AvgIpc) is 2.95. The second-order valence-corrected chi connectivity index (χ2v) is 4.92. The minimum atomic E-state index is -0.552. The largest absolute Gasteiger partial charge is 0.493 e. The predicted molar refractivity (Wildman–Crippen MR) is 85.5 cm³/mol. The van der Waals surface area contributed by atoms with Crippen LogP contribution in [-0.2, 0) is 6.54 Å². The van der Waals surface area contributed by atoms with E-state index in [1.165, 1.54) is 25.0 Å². The fourth-order valence-electron chi connectivity index (χ4n) is 2.24. The number of nitro groups is 1. The molecule has 0 spiro atoms. The first-order valence-corrected chi connectivity index (χ1v) is 7.16. The topological polar surface area (TPSA) is 109 Å². The van der Waals surface area contributed by atoms with Gasteiger partial charge >= 0.3 is 5.82 Å². The maximum atomic E-state index is 12.3. The van der Waals surface area contributed by atoms with Crippen molar-refractivity contribution in [3.63, 3.8) is 0 Å². The van der Waals surface area contributed by atoms with Crippen molar-refractivity contribution in [2.75, 3.05) is 20.8 Å². The van der Waals surface area contributed by atoms with Gasteiger partial charge in [0.25, 0.3) is 5.91 Å². The van der Waals surface area contributed by atoms with Crippen molar-refractivity contribution in [3.8, 4) is 11.5 Å². The summed E-state index contributed by atoms with van der Waals surface area (Å²) in [6.07, 6.45) is 0. The predicted octanol–water partition coefficient (Wildman–Crippen LogP) is 1.55. The third-order valence-corrected chi connectivity index (χ3v) is 3.41. The van der Waals surface area contributed by atoms with E-state index in [4.69, 9.17) is 9.47 Å². The van der Waals surface area contributed by atoms with Gasteiger partial charge in [-0.3, -0.25) is 4.79 Å². The van der Waals surface area contributed by atoms with Gasteiger partial charge in [0.15, 0.2) is 11.5 Å². The number of ether oxygens (including phenoxy) is 2. The van der Waals surface area contributed by atoms with Crippen molar-refractivity contribution in [1.29, 1.82) is 0 Å². The lowest BCUT2D eigenvalue weighted by Gasteiger charge is -2.12. The Hall–Kier alpha value is -3.10. The highest BCUT2D eigenvalue weighted by atomic mass is 16.6. The molecule has 0 unspecified atom stereocenters. The van der Waals surface area contributed by atoms with E-state index in [1.807, 2.05) is 0 Å². The standard InChI is InChI=1S/C15H18N4O5/c1-10-9-13(19(21)22)17-18(10)8-7-16-15(20)11-5-4-6-12(23-2)14(11)24-3/h4-6,9H,7-8H2,1-3H3,(H,16,20). The molecule has 2 rings (SSSR count). The molecule has 1 aromatic heterocycles. The van der Waals surface area contributed by atoms with Crippen LogP contribution in [0.25, 0.3) is 0 Å². The number of hydrogen-bond donors (Lipinski definition) is 1. The Morgan fingerprint density at radius 1 is 1.38 bits per heavy atom. The van der Waals surface area contributed by atoms with Crippen LogP contribution in [-0.4, -0.2) is 41.4 Å². The van der Waals surface area contributed by atoms with Crippen LogP contribution in [0.15, 0.2) is 24.3 Å². The van der Waals surface area contributed by atoms with Crippen molar-refractivity contribution >= 4 is 11.7 Å². The van der Waals surface area contributed by atoms with Gasteiger partial charge in [-0.2, -0.15) is 4.68 Å². The number of carbonyl (C=O) groups is 1. The third-order valence-electron chi connectivity index (χ3n) is 3.41. The minimum absolute atomic E-state index is 0.215. The van der Waals surface area contributed by atoms with Gasteiger partial charge in [-0.05, 0) is 24.0 Å². The molecule has 9 heteroatoms. The van der Waals surface area contributed by atoms with Crippen molar-refractivity contribution in [2.24, 2.45) is 0 Å². The van der Waals surface area contributed by atoms with Gasteiger partial charge in [0.05, 0.1) is 43.2 Å². The van der Waals surface area contributed by atoms with Gasteiger partial charge in [-0.15, -0.1) is 0 Å². The molecular formula is C15H18N4O5. The number of methoxy groups -OCH3 is 2. The second-order valence-electron chi connectivity index (χ2n) is 4.92. The highest BCUT2D eigenvalue weighted by Crippen LogP contribution is 2.30. The molecule has 1 N–H and O–H groups in total. The van der Waals surface area contributed by atoms with Crippen LogP contribution < -0.4 is 14.8 Å². The highest BCUT2D eigenvalue weighted by molar-refractivity contribution is 5.97. The zero-order valence-electron chi connectivity index (χ0n) is 13.6. The van der Waals surface area contributed by atoms with Gasteiger partial charge < -0.3 is 24.9 Å². The molecule has 0 radical (unpaired) electrons. The number of nitrogens with one attached hydrogen (secondary N) is 1. The van der Waals surface area contributed by atoms with E-state index >= 15 is 0 Å². The number of nitrogens with zero attached hydrogens (tertiary/aromatic N) is 3. The monoisotopic (exact) mass is 334 g/mol. The number of aryl methyl sites for hydroxylation is 1. The summed E-state index contributed by atoms with van der Waals surface area (Å²) < 4.78 is 11.9. The highest BCUT2D eigenvalue weighted by Gasteiger charge is 2.17. The zero-order chi connectivity index (χ0) is 17.7. The van der Waals surface area contributed by atoms with E-state index < -0.39 is 4.92 Å². The first kappa shape index (κ1) is 17.3. The average molecular weight is 334 g/mol. The molecule has 128 valence electrons. The Labute approximate surface area is 138 Å². The molecule has 0 saturated carbocycles. The molecule has 0 aliphatic heterocycles. The molecular weight excluding hydrogens is 316 g/mol. The molecule has 0 bridgehead atoms.